The summed E-state index contributed by atoms with van der Waals surface area (Å²) in [4.78, 5) is 16.1. The van der Waals surface area contributed by atoms with Crippen molar-refractivity contribution in [2.45, 2.75) is 18.4 Å². The highest BCUT2D eigenvalue weighted by Gasteiger charge is 2.45. The minimum absolute atomic E-state index is 0.0514. The summed E-state index contributed by atoms with van der Waals surface area (Å²) in [5.41, 5.74) is 1.63. The van der Waals surface area contributed by atoms with Crippen molar-refractivity contribution in [2.75, 3.05) is 0 Å². The lowest BCUT2D eigenvalue weighted by Gasteiger charge is -2.17. The number of hydrogen-bond donors (Lipinski definition) is 1. The SMILES string of the molecule is O=C(NC1(c2ccccc2)CC1)c1cccnc1. The average molecular weight is 238 g/mol. The Morgan fingerprint density at radius 3 is 2.50 bits per heavy atom. The first-order chi connectivity index (χ1) is 8.80. The summed E-state index contributed by atoms with van der Waals surface area (Å²) < 4.78 is 0. The van der Waals surface area contributed by atoms with E-state index in [0.717, 1.165) is 12.8 Å². The molecule has 0 saturated heterocycles. The van der Waals surface area contributed by atoms with Crippen LogP contribution in [-0.2, 0) is 5.54 Å². The van der Waals surface area contributed by atoms with Gasteiger partial charge in [-0.2, -0.15) is 0 Å². The third-order valence-electron chi connectivity index (χ3n) is 3.35. The second-order valence-corrected chi connectivity index (χ2v) is 4.64. The molecule has 2 aromatic rings. The fourth-order valence-corrected chi connectivity index (χ4v) is 2.15. The lowest BCUT2D eigenvalue weighted by molar-refractivity contribution is 0.0930. The fourth-order valence-electron chi connectivity index (χ4n) is 2.15. The number of carbonyl (C=O) groups excluding carboxylic acids is 1. The molecule has 18 heavy (non-hydrogen) atoms. The van der Waals surface area contributed by atoms with Crippen LogP contribution in [0.25, 0.3) is 0 Å². The first-order valence-corrected chi connectivity index (χ1v) is 6.08. The Hall–Kier alpha value is -2.16. The summed E-state index contributed by atoms with van der Waals surface area (Å²) >= 11 is 0. The number of nitrogens with zero attached hydrogens (tertiary/aromatic N) is 1. The van der Waals surface area contributed by atoms with E-state index < -0.39 is 0 Å². The number of hydrogen-bond acceptors (Lipinski definition) is 2. The van der Waals surface area contributed by atoms with Gasteiger partial charge in [0.2, 0.25) is 0 Å². The molecule has 1 saturated carbocycles. The van der Waals surface area contributed by atoms with E-state index in [9.17, 15) is 4.79 Å². The number of amides is 1. The number of benzene rings is 1. The van der Waals surface area contributed by atoms with Gasteiger partial charge < -0.3 is 5.32 Å². The third kappa shape index (κ3) is 1.99. The number of rotatable bonds is 3. The largest absolute Gasteiger partial charge is 0.342 e. The maximum atomic E-state index is 12.1. The molecule has 1 aliphatic rings. The van der Waals surface area contributed by atoms with Gasteiger partial charge in [0.1, 0.15) is 0 Å². The van der Waals surface area contributed by atoms with E-state index >= 15 is 0 Å². The molecule has 1 aromatic heterocycles. The minimum Gasteiger partial charge on any atom is -0.342 e. The van der Waals surface area contributed by atoms with Gasteiger partial charge in [-0.1, -0.05) is 30.3 Å². The standard InChI is InChI=1S/C15H14N2O/c18-14(12-5-4-10-16-11-12)17-15(8-9-15)13-6-2-1-3-7-13/h1-7,10-11H,8-9H2,(H,17,18). The molecule has 1 heterocycles. The molecule has 1 aliphatic carbocycles. The lowest BCUT2D eigenvalue weighted by Crippen LogP contribution is -2.34. The summed E-state index contributed by atoms with van der Waals surface area (Å²) in [6.45, 7) is 0. The molecule has 3 rings (SSSR count). The molecule has 0 bridgehead atoms. The van der Waals surface area contributed by atoms with Crippen molar-refractivity contribution in [3.05, 3.63) is 66.0 Å². The maximum absolute atomic E-state index is 12.1. The van der Waals surface area contributed by atoms with Crippen molar-refractivity contribution in [3.63, 3.8) is 0 Å². The van der Waals surface area contributed by atoms with Crippen LogP contribution in [0.5, 0.6) is 0 Å². The molecule has 3 nitrogen and oxygen atoms in total. The second kappa shape index (κ2) is 4.26. The molecule has 0 aliphatic heterocycles. The van der Waals surface area contributed by atoms with Crippen LogP contribution in [-0.4, -0.2) is 10.9 Å². The van der Waals surface area contributed by atoms with Gasteiger partial charge >= 0.3 is 0 Å². The summed E-state index contributed by atoms with van der Waals surface area (Å²) in [6, 6.07) is 13.7. The Kier molecular flexibility index (Phi) is 2.59. The van der Waals surface area contributed by atoms with Gasteiger partial charge in [-0.3, -0.25) is 9.78 Å². The van der Waals surface area contributed by atoms with Crippen molar-refractivity contribution in [1.29, 1.82) is 0 Å². The molecule has 1 amide bonds. The van der Waals surface area contributed by atoms with Crippen LogP contribution in [0.1, 0.15) is 28.8 Å². The third-order valence-corrected chi connectivity index (χ3v) is 3.35. The zero-order valence-electron chi connectivity index (χ0n) is 9.97. The van der Waals surface area contributed by atoms with Crippen LogP contribution >= 0.6 is 0 Å². The van der Waals surface area contributed by atoms with Gasteiger partial charge in [0.15, 0.2) is 0 Å². The average Bonchev–Trinajstić information content (AvgIpc) is 3.22. The Morgan fingerprint density at radius 2 is 1.89 bits per heavy atom. The van der Waals surface area contributed by atoms with E-state index in [0.29, 0.717) is 5.56 Å². The van der Waals surface area contributed by atoms with Crippen molar-refractivity contribution < 1.29 is 4.79 Å². The van der Waals surface area contributed by atoms with Crippen LogP contribution in [0.3, 0.4) is 0 Å². The highest BCUT2D eigenvalue weighted by atomic mass is 16.1. The highest BCUT2D eigenvalue weighted by Crippen LogP contribution is 2.45. The topological polar surface area (TPSA) is 42.0 Å². The summed E-state index contributed by atoms with van der Waals surface area (Å²) in [6.07, 6.45) is 5.27. The molecule has 0 atom stereocenters. The van der Waals surface area contributed by atoms with Gasteiger partial charge in [0.25, 0.3) is 5.91 Å². The van der Waals surface area contributed by atoms with E-state index in [1.54, 1.807) is 24.5 Å². The molecule has 0 spiro atoms. The van der Waals surface area contributed by atoms with Gasteiger partial charge in [0.05, 0.1) is 11.1 Å². The number of pyridine rings is 1. The molecular weight excluding hydrogens is 224 g/mol. The Balaban J connectivity index is 1.80. The predicted octanol–water partition coefficient (Wildman–Crippen LogP) is 2.50. The Labute approximate surface area is 106 Å². The first kappa shape index (κ1) is 11.0. The van der Waals surface area contributed by atoms with Crippen molar-refractivity contribution in [1.82, 2.24) is 10.3 Å². The highest BCUT2D eigenvalue weighted by molar-refractivity contribution is 5.94. The quantitative estimate of drug-likeness (QED) is 0.892. The van der Waals surface area contributed by atoms with Crippen LogP contribution in [0.15, 0.2) is 54.9 Å². The maximum Gasteiger partial charge on any atom is 0.253 e. The van der Waals surface area contributed by atoms with Crippen molar-refractivity contribution in [2.24, 2.45) is 0 Å². The monoisotopic (exact) mass is 238 g/mol. The molecular formula is C15H14N2O. The lowest BCUT2D eigenvalue weighted by atomic mass is 10.0. The van der Waals surface area contributed by atoms with Crippen LogP contribution in [0, 0.1) is 0 Å². The van der Waals surface area contributed by atoms with Gasteiger partial charge in [-0.25, -0.2) is 0 Å². The van der Waals surface area contributed by atoms with Gasteiger partial charge in [-0.15, -0.1) is 0 Å². The number of aromatic nitrogens is 1. The predicted molar refractivity (Wildman–Crippen MR) is 69.1 cm³/mol. The molecule has 90 valence electrons. The zero-order valence-corrected chi connectivity index (χ0v) is 9.97. The molecule has 1 aromatic carbocycles. The minimum atomic E-state index is -0.159. The molecule has 0 radical (unpaired) electrons. The van der Waals surface area contributed by atoms with Crippen LogP contribution in [0.4, 0.5) is 0 Å². The zero-order chi connectivity index (χ0) is 12.4. The number of carbonyl (C=O) groups is 1. The normalized spacial score (nSPS) is 16.0. The summed E-state index contributed by atoms with van der Waals surface area (Å²) in [7, 11) is 0. The van der Waals surface area contributed by atoms with E-state index in [2.05, 4.69) is 22.4 Å². The van der Waals surface area contributed by atoms with E-state index in [1.807, 2.05) is 18.2 Å². The molecule has 3 heteroatoms. The van der Waals surface area contributed by atoms with Crippen LogP contribution in [0.2, 0.25) is 0 Å². The second-order valence-electron chi connectivity index (χ2n) is 4.64. The van der Waals surface area contributed by atoms with Crippen LogP contribution < -0.4 is 5.32 Å². The van der Waals surface area contributed by atoms with E-state index in [-0.39, 0.29) is 11.4 Å². The van der Waals surface area contributed by atoms with E-state index in [1.165, 1.54) is 5.56 Å². The number of nitrogens with one attached hydrogen (secondary N) is 1. The summed E-state index contributed by atoms with van der Waals surface area (Å²) in [5, 5.41) is 3.12. The molecule has 0 unspecified atom stereocenters. The molecule has 1 fully saturated rings. The first-order valence-electron chi connectivity index (χ1n) is 6.08. The fraction of sp³-hybridized carbons (Fsp3) is 0.200. The Morgan fingerprint density at radius 1 is 1.11 bits per heavy atom. The van der Waals surface area contributed by atoms with Gasteiger partial charge in [-0.05, 0) is 30.5 Å². The summed E-state index contributed by atoms with van der Waals surface area (Å²) in [5.74, 6) is -0.0514. The van der Waals surface area contributed by atoms with E-state index in [4.69, 9.17) is 0 Å². The smallest absolute Gasteiger partial charge is 0.253 e. The Bertz CT molecular complexity index is 547. The molecule has 1 N–H and O–H groups in total. The van der Waals surface area contributed by atoms with Crippen molar-refractivity contribution >= 4 is 5.91 Å². The van der Waals surface area contributed by atoms with Crippen molar-refractivity contribution in [3.8, 4) is 0 Å². The van der Waals surface area contributed by atoms with Gasteiger partial charge in [0, 0.05) is 12.4 Å².